The highest BCUT2D eigenvalue weighted by atomic mass is 35.5. The Morgan fingerprint density at radius 3 is 2.76 bits per heavy atom. The van der Waals surface area contributed by atoms with Crippen molar-refractivity contribution in [3.05, 3.63) is 16.9 Å². The molecule has 17 heavy (non-hydrogen) atoms. The van der Waals surface area contributed by atoms with Crippen molar-refractivity contribution in [2.45, 2.75) is 37.3 Å². The first-order valence-electron chi connectivity index (χ1n) is 5.80. The minimum Gasteiger partial charge on any atom is -0.378 e. The molecule has 1 fully saturated rings. The summed E-state index contributed by atoms with van der Waals surface area (Å²) in [6, 6.07) is -0.0322. The highest BCUT2D eigenvalue weighted by molar-refractivity contribution is 6.31. The number of nitrogens with one attached hydrogen (secondary N) is 1. The first-order valence-corrected chi connectivity index (χ1v) is 6.18. The number of aromatic nitrogens is 2. The molecule has 6 heteroatoms. The van der Waals surface area contributed by atoms with Gasteiger partial charge in [0.15, 0.2) is 0 Å². The summed E-state index contributed by atoms with van der Waals surface area (Å²) in [7, 11) is 3.63. The van der Waals surface area contributed by atoms with Crippen LogP contribution in [0.4, 0.5) is 0 Å². The van der Waals surface area contributed by atoms with Crippen molar-refractivity contribution in [2.75, 3.05) is 7.11 Å². The largest absolute Gasteiger partial charge is 0.378 e. The smallest absolute Gasteiger partial charge is 0.0834 e. The summed E-state index contributed by atoms with van der Waals surface area (Å²) >= 11 is 6.13. The molecule has 1 unspecified atom stereocenters. The fourth-order valence-electron chi connectivity index (χ4n) is 2.48. The molecule has 1 aliphatic carbocycles. The maximum absolute atomic E-state index is 6.13. The molecule has 1 aromatic rings. The molecule has 1 saturated carbocycles. The maximum atomic E-state index is 6.13. The lowest BCUT2D eigenvalue weighted by Gasteiger charge is -2.42. The average Bonchev–Trinajstić information content (AvgIpc) is 2.60. The number of halogens is 1. The standard InChI is InChI=1S/C11H19ClN4O/c1-16-10(8(12)7-14-16)9(15-13)6-11(17-2)4-3-5-11/h7,9,15H,3-6,13H2,1-2H3. The SMILES string of the molecule is COC1(CC(NN)c2c(Cl)cnn2C)CCC1. The topological polar surface area (TPSA) is 65.1 Å². The molecule has 0 aromatic carbocycles. The second-order valence-electron chi connectivity index (χ2n) is 4.67. The number of hydrazine groups is 1. The van der Waals surface area contributed by atoms with Crippen LogP contribution in [0.5, 0.6) is 0 Å². The van der Waals surface area contributed by atoms with E-state index in [0.29, 0.717) is 5.02 Å². The average molecular weight is 259 g/mol. The molecule has 3 N–H and O–H groups in total. The lowest BCUT2D eigenvalue weighted by Crippen LogP contribution is -2.44. The highest BCUT2D eigenvalue weighted by Gasteiger charge is 2.40. The molecule has 1 atom stereocenters. The molecule has 2 rings (SSSR count). The minimum absolute atomic E-state index is 0.0322. The van der Waals surface area contributed by atoms with Crippen LogP contribution in [0.3, 0.4) is 0 Å². The molecular weight excluding hydrogens is 240 g/mol. The van der Waals surface area contributed by atoms with Gasteiger partial charge in [0.05, 0.1) is 28.6 Å². The van der Waals surface area contributed by atoms with Crippen molar-refractivity contribution in [1.82, 2.24) is 15.2 Å². The van der Waals surface area contributed by atoms with E-state index >= 15 is 0 Å². The molecule has 0 saturated heterocycles. The van der Waals surface area contributed by atoms with E-state index in [2.05, 4.69) is 10.5 Å². The first-order chi connectivity index (χ1) is 8.12. The van der Waals surface area contributed by atoms with Crippen LogP contribution in [0.1, 0.15) is 37.4 Å². The van der Waals surface area contributed by atoms with Gasteiger partial charge >= 0.3 is 0 Å². The number of nitrogens with two attached hydrogens (primary N) is 1. The minimum atomic E-state index is -0.0510. The van der Waals surface area contributed by atoms with Crippen molar-refractivity contribution >= 4 is 11.6 Å². The molecule has 0 bridgehead atoms. The van der Waals surface area contributed by atoms with Crippen LogP contribution in [0, 0.1) is 0 Å². The van der Waals surface area contributed by atoms with E-state index in [0.717, 1.165) is 25.0 Å². The lowest BCUT2D eigenvalue weighted by molar-refractivity contribution is -0.0842. The predicted molar refractivity (Wildman–Crippen MR) is 66.5 cm³/mol. The van der Waals surface area contributed by atoms with E-state index in [1.165, 1.54) is 6.42 Å². The van der Waals surface area contributed by atoms with Crippen molar-refractivity contribution in [1.29, 1.82) is 0 Å². The van der Waals surface area contributed by atoms with Crippen LogP contribution in [0.25, 0.3) is 0 Å². The summed E-state index contributed by atoms with van der Waals surface area (Å²) < 4.78 is 7.37. The fraction of sp³-hybridized carbons (Fsp3) is 0.727. The van der Waals surface area contributed by atoms with Gasteiger partial charge in [-0.25, -0.2) is 0 Å². The second kappa shape index (κ2) is 4.94. The van der Waals surface area contributed by atoms with Gasteiger partial charge < -0.3 is 4.74 Å². The van der Waals surface area contributed by atoms with Gasteiger partial charge in [0.1, 0.15) is 0 Å². The predicted octanol–water partition coefficient (Wildman–Crippen LogP) is 1.54. The summed E-state index contributed by atoms with van der Waals surface area (Å²) in [6.45, 7) is 0. The van der Waals surface area contributed by atoms with E-state index in [1.807, 2.05) is 7.05 Å². The first kappa shape index (κ1) is 12.8. The van der Waals surface area contributed by atoms with E-state index in [4.69, 9.17) is 22.2 Å². The van der Waals surface area contributed by atoms with Crippen LogP contribution in [-0.2, 0) is 11.8 Å². The molecular formula is C11H19ClN4O. The second-order valence-corrected chi connectivity index (χ2v) is 5.07. The Morgan fingerprint density at radius 1 is 1.71 bits per heavy atom. The molecule has 96 valence electrons. The summed E-state index contributed by atoms with van der Waals surface area (Å²) in [5, 5.41) is 4.77. The Kier molecular flexibility index (Phi) is 3.73. The number of nitrogens with zero attached hydrogens (tertiary/aromatic N) is 2. The number of aryl methyl sites for hydroxylation is 1. The van der Waals surface area contributed by atoms with Gasteiger partial charge in [-0.2, -0.15) is 5.10 Å². The van der Waals surface area contributed by atoms with Crippen LogP contribution in [0.2, 0.25) is 5.02 Å². The van der Waals surface area contributed by atoms with Crippen molar-refractivity contribution < 1.29 is 4.74 Å². The van der Waals surface area contributed by atoms with Gasteiger partial charge in [0.2, 0.25) is 0 Å². The van der Waals surface area contributed by atoms with Crippen molar-refractivity contribution in [2.24, 2.45) is 12.9 Å². The molecule has 0 radical (unpaired) electrons. The third kappa shape index (κ3) is 2.33. The number of methoxy groups -OCH3 is 1. The van der Waals surface area contributed by atoms with E-state index in [1.54, 1.807) is 18.0 Å². The molecule has 0 aliphatic heterocycles. The third-order valence-electron chi connectivity index (χ3n) is 3.74. The maximum Gasteiger partial charge on any atom is 0.0834 e. The van der Waals surface area contributed by atoms with Gasteiger partial charge in [-0.15, -0.1) is 0 Å². The van der Waals surface area contributed by atoms with Gasteiger partial charge in [0.25, 0.3) is 0 Å². The van der Waals surface area contributed by atoms with E-state index < -0.39 is 0 Å². The molecule has 0 amide bonds. The Labute approximate surface area is 106 Å². The van der Waals surface area contributed by atoms with Gasteiger partial charge in [-0.3, -0.25) is 16.0 Å². The van der Waals surface area contributed by atoms with Crippen LogP contribution < -0.4 is 11.3 Å². The normalized spacial score (nSPS) is 20.0. The summed E-state index contributed by atoms with van der Waals surface area (Å²) in [4.78, 5) is 0. The monoisotopic (exact) mass is 258 g/mol. The third-order valence-corrected chi connectivity index (χ3v) is 4.03. The molecule has 1 aliphatic rings. The van der Waals surface area contributed by atoms with Crippen LogP contribution >= 0.6 is 11.6 Å². The zero-order chi connectivity index (χ0) is 12.5. The van der Waals surface area contributed by atoms with Gasteiger partial charge in [0, 0.05) is 14.2 Å². The van der Waals surface area contributed by atoms with Crippen molar-refractivity contribution in [3.8, 4) is 0 Å². The Bertz CT molecular complexity index is 364. The summed E-state index contributed by atoms with van der Waals surface area (Å²) in [5.74, 6) is 5.64. The molecule has 1 heterocycles. The number of ether oxygens (including phenoxy) is 1. The Morgan fingerprint density at radius 2 is 2.41 bits per heavy atom. The van der Waals surface area contributed by atoms with E-state index in [9.17, 15) is 0 Å². The quantitative estimate of drug-likeness (QED) is 0.621. The number of rotatable bonds is 5. The Hall–Kier alpha value is -0.620. The van der Waals surface area contributed by atoms with Crippen molar-refractivity contribution in [3.63, 3.8) is 0 Å². The highest BCUT2D eigenvalue weighted by Crippen LogP contribution is 2.42. The van der Waals surface area contributed by atoms with Crippen LogP contribution in [0.15, 0.2) is 6.20 Å². The number of hydrogen-bond donors (Lipinski definition) is 2. The van der Waals surface area contributed by atoms with Crippen LogP contribution in [-0.4, -0.2) is 22.5 Å². The summed E-state index contributed by atoms with van der Waals surface area (Å²) in [6.07, 6.45) is 5.83. The van der Waals surface area contributed by atoms with Gasteiger partial charge in [-0.1, -0.05) is 11.6 Å². The molecule has 5 nitrogen and oxygen atoms in total. The van der Waals surface area contributed by atoms with Gasteiger partial charge in [-0.05, 0) is 25.7 Å². The van der Waals surface area contributed by atoms with E-state index in [-0.39, 0.29) is 11.6 Å². The summed E-state index contributed by atoms with van der Waals surface area (Å²) in [5.41, 5.74) is 3.68. The molecule has 0 spiro atoms. The zero-order valence-corrected chi connectivity index (χ0v) is 11.0. The zero-order valence-electron chi connectivity index (χ0n) is 10.2. The lowest BCUT2D eigenvalue weighted by atomic mass is 9.75. The number of hydrogen-bond acceptors (Lipinski definition) is 4. The molecule has 1 aromatic heterocycles. The Balaban J connectivity index is 2.17. The fourth-order valence-corrected chi connectivity index (χ4v) is 2.78.